The van der Waals surface area contributed by atoms with Gasteiger partial charge in [0.2, 0.25) is 0 Å². The van der Waals surface area contributed by atoms with E-state index in [0.717, 1.165) is 12.1 Å². The lowest BCUT2D eigenvalue weighted by atomic mass is 10.0. The molecular formula is C16H27FN2O. The second-order valence-corrected chi connectivity index (χ2v) is 5.80. The minimum Gasteiger partial charge on any atom is -0.494 e. The molecule has 0 aliphatic rings. The van der Waals surface area contributed by atoms with Crippen LogP contribution < -0.4 is 10.1 Å². The quantitative estimate of drug-likeness (QED) is 0.832. The van der Waals surface area contributed by atoms with Gasteiger partial charge in [-0.2, -0.15) is 0 Å². The van der Waals surface area contributed by atoms with Gasteiger partial charge in [0, 0.05) is 18.6 Å². The van der Waals surface area contributed by atoms with Gasteiger partial charge in [0.05, 0.1) is 7.11 Å². The first kappa shape index (κ1) is 16.9. The summed E-state index contributed by atoms with van der Waals surface area (Å²) < 4.78 is 18.6. The summed E-state index contributed by atoms with van der Waals surface area (Å²) in [6.07, 6.45) is 0. The van der Waals surface area contributed by atoms with E-state index in [9.17, 15) is 4.39 Å². The number of methoxy groups -OCH3 is 1. The van der Waals surface area contributed by atoms with Gasteiger partial charge in [-0.1, -0.05) is 19.9 Å². The van der Waals surface area contributed by atoms with Crippen molar-refractivity contribution in [3.63, 3.8) is 0 Å². The van der Waals surface area contributed by atoms with Gasteiger partial charge in [0.1, 0.15) is 0 Å². The molecule has 0 amide bonds. The predicted molar refractivity (Wildman–Crippen MR) is 81.7 cm³/mol. The van der Waals surface area contributed by atoms with Crippen LogP contribution in [0.4, 0.5) is 4.39 Å². The maximum atomic E-state index is 13.7. The van der Waals surface area contributed by atoms with Gasteiger partial charge in [0.15, 0.2) is 11.6 Å². The first-order valence-electron chi connectivity index (χ1n) is 7.10. The third-order valence-electron chi connectivity index (χ3n) is 3.74. The van der Waals surface area contributed by atoms with E-state index in [4.69, 9.17) is 4.74 Å². The zero-order valence-electron chi connectivity index (χ0n) is 13.4. The van der Waals surface area contributed by atoms with Crippen molar-refractivity contribution in [2.24, 2.45) is 5.92 Å². The first-order chi connectivity index (χ1) is 9.36. The highest BCUT2D eigenvalue weighted by Crippen LogP contribution is 2.22. The average Bonchev–Trinajstić information content (AvgIpc) is 2.37. The van der Waals surface area contributed by atoms with E-state index in [1.54, 1.807) is 6.07 Å². The Balaban J connectivity index is 2.66. The van der Waals surface area contributed by atoms with Crippen LogP contribution in [0.3, 0.4) is 0 Å². The number of hydrogen-bond acceptors (Lipinski definition) is 3. The van der Waals surface area contributed by atoms with E-state index in [1.165, 1.54) is 13.2 Å². The molecule has 114 valence electrons. The topological polar surface area (TPSA) is 24.5 Å². The van der Waals surface area contributed by atoms with E-state index in [1.807, 2.05) is 13.0 Å². The summed E-state index contributed by atoms with van der Waals surface area (Å²) in [6, 6.07) is 5.68. The number of rotatable bonds is 7. The smallest absolute Gasteiger partial charge is 0.165 e. The lowest BCUT2D eigenvalue weighted by Gasteiger charge is -2.29. The van der Waals surface area contributed by atoms with Crippen LogP contribution in [0.15, 0.2) is 18.2 Å². The molecule has 0 heterocycles. The largest absolute Gasteiger partial charge is 0.494 e. The summed E-state index contributed by atoms with van der Waals surface area (Å²) in [7, 11) is 5.65. The lowest BCUT2D eigenvalue weighted by Crippen LogP contribution is -2.42. The highest BCUT2D eigenvalue weighted by atomic mass is 19.1. The maximum Gasteiger partial charge on any atom is 0.165 e. The molecule has 2 atom stereocenters. The van der Waals surface area contributed by atoms with Crippen LogP contribution >= 0.6 is 0 Å². The van der Waals surface area contributed by atoms with Crippen molar-refractivity contribution in [1.29, 1.82) is 0 Å². The zero-order valence-corrected chi connectivity index (χ0v) is 13.4. The van der Waals surface area contributed by atoms with Crippen molar-refractivity contribution >= 4 is 0 Å². The third-order valence-corrected chi connectivity index (χ3v) is 3.74. The summed E-state index contributed by atoms with van der Waals surface area (Å²) in [4.78, 5) is 2.22. The van der Waals surface area contributed by atoms with Crippen LogP contribution in [0.5, 0.6) is 5.75 Å². The number of nitrogens with zero attached hydrogens (tertiary/aromatic N) is 1. The number of benzene rings is 1. The van der Waals surface area contributed by atoms with Crippen molar-refractivity contribution in [3.05, 3.63) is 29.6 Å². The molecule has 1 N–H and O–H groups in total. The second-order valence-electron chi connectivity index (χ2n) is 5.80. The van der Waals surface area contributed by atoms with Gasteiger partial charge in [-0.05, 0) is 44.6 Å². The number of hydrogen-bond donors (Lipinski definition) is 1. The van der Waals surface area contributed by atoms with Gasteiger partial charge in [0.25, 0.3) is 0 Å². The summed E-state index contributed by atoms with van der Waals surface area (Å²) in [6.45, 7) is 7.35. The number of nitrogens with one attached hydrogen (secondary N) is 1. The predicted octanol–water partition coefficient (Wildman–Crippen LogP) is 3.07. The standard InChI is InChI=1S/C16H27FN2O/c1-11(2)15(19(4)5)10-18-12(3)13-7-8-16(20-6)14(17)9-13/h7-9,11-12,15,18H,10H2,1-6H3. The minimum absolute atomic E-state index is 0.108. The Bertz CT molecular complexity index is 413. The Morgan fingerprint density at radius 3 is 2.35 bits per heavy atom. The third kappa shape index (κ3) is 4.46. The fourth-order valence-electron chi connectivity index (χ4n) is 2.38. The molecule has 3 nitrogen and oxygen atoms in total. The van der Waals surface area contributed by atoms with Crippen LogP contribution in [0.2, 0.25) is 0 Å². The normalized spacial score (nSPS) is 14.7. The number of ether oxygens (including phenoxy) is 1. The number of halogens is 1. The van der Waals surface area contributed by atoms with Crippen LogP contribution in [0.1, 0.15) is 32.4 Å². The Labute approximate surface area is 122 Å². The highest BCUT2D eigenvalue weighted by molar-refractivity contribution is 5.30. The molecular weight excluding hydrogens is 255 g/mol. The zero-order chi connectivity index (χ0) is 15.3. The molecule has 4 heteroatoms. The SMILES string of the molecule is COc1ccc(C(C)NCC(C(C)C)N(C)C)cc1F. The summed E-state index contributed by atoms with van der Waals surface area (Å²) in [5.41, 5.74) is 0.935. The molecule has 2 unspecified atom stereocenters. The molecule has 1 aromatic rings. The molecule has 0 spiro atoms. The minimum atomic E-state index is -0.313. The lowest BCUT2D eigenvalue weighted by molar-refractivity contribution is 0.220. The molecule has 0 bridgehead atoms. The van der Waals surface area contributed by atoms with Crippen molar-refractivity contribution < 1.29 is 9.13 Å². The van der Waals surface area contributed by atoms with Crippen molar-refractivity contribution in [2.45, 2.75) is 32.9 Å². The maximum absolute atomic E-state index is 13.7. The summed E-state index contributed by atoms with van der Waals surface area (Å²) in [5.74, 6) is 0.540. The van der Waals surface area contributed by atoms with Gasteiger partial charge < -0.3 is 15.0 Å². The fourth-order valence-corrected chi connectivity index (χ4v) is 2.38. The number of likely N-dealkylation sites (N-methyl/N-ethyl adjacent to an activating group) is 1. The van der Waals surface area contributed by atoms with E-state index >= 15 is 0 Å². The van der Waals surface area contributed by atoms with Crippen molar-refractivity contribution in [1.82, 2.24) is 10.2 Å². The molecule has 1 rings (SSSR count). The van der Waals surface area contributed by atoms with Crippen LogP contribution in [-0.2, 0) is 0 Å². The average molecular weight is 282 g/mol. The van der Waals surface area contributed by atoms with Crippen molar-refractivity contribution in [3.8, 4) is 5.75 Å². The van der Waals surface area contributed by atoms with Crippen LogP contribution in [-0.4, -0.2) is 38.7 Å². The van der Waals surface area contributed by atoms with E-state index in [0.29, 0.717) is 12.0 Å². The molecule has 0 aromatic heterocycles. The molecule has 0 aliphatic carbocycles. The molecule has 0 saturated carbocycles. The van der Waals surface area contributed by atoms with Crippen LogP contribution in [0, 0.1) is 11.7 Å². The van der Waals surface area contributed by atoms with E-state index in [-0.39, 0.29) is 17.6 Å². The summed E-state index contributed by atoms with van der Waals surface area (Å²) >= 11 is 0. The Hall–Kier alpha value is -1.13. The van der Waals surface area contributed by atoms with Gasteiger partial charge in [-0.3, -0.25) is 0 Å². The molecule has 0 saturated heterocycles. The van der Waals surface area contributed by atoms with Crippen LogP contribution in [0.25, 0.3) is 0 Å². The molecule has 0 radical (unpaired) electrons. The van der Waals surface area contributed by atoms with Gasteiger partial charge >= 0.3 is 0 Å². The van der Waals surface area contributed by atoms with E-state index < -0.39 is 0 Å². The Kier molecular flexibility index (Phi) is 6.43. The molecule has 0 fully saturated rings. The summed E-state index contributed by atoms with van der Waals surface area (Å²) in [5, 5.41) is 3.48. The highest BCUT2D eigenvalue weighted by Gasteiger charge is 2.17. The van der Waals surface area contributed by atoms with Gasteiger partial charge in [-0.25, -0.2) is 4.39 Å². The fraction of sp³-hybridized carbons (Fsp3) is 0.625. The molecule has 20 heavy (non-hydrogen) atoms. The van der Waals surface area contributed by atoms with Crippen molar-refractivity contribution in [2.75, 3.05) is 27.7 Å². The van der Waals surface area contributed by atoms with Gasteiger partial charge in [-0.15, -0.1) is 0 Å². The second kappa shape index (κ2) is 7.60. The first-order valence-corrected chi connectivity index (χ1v) is 7.10. The van der Waals surface area contributed by atoms with E-state index in [2.05, 4.69) is 38.2 Å². The molecule has 0 aliphatic heterocycles. The molecule has 1 aromatic carbocycles. The monoisotopic (exact) mass is 282 g/mol. The Morgan fingerprint density at radius 1 is 1.25 bits per heavy atom. The Morgan fingerprint density at radius 2 is 1.90 bits per heavy atom.